The maximum absolute atomic E-state index is 14.2. The Morgan fingerprint density at radius 2 is 1.48 bits per heavy atom. The lowest BCUT2D eigenvalue weighted by atomic mass is 9.54. The molecule has 1 fully saturated rings. The first-order valence-corrected chi connectivity index (χ1v) is 10.8. The van der Waals surface area contributed by atoms with Crippen molar-refractivity contribution in [1.29, 1.82) is 0 Å². The Balaban J connectivity index is 1.81. The van der Waals surface area contributed by atoms with E-state index in [-0.39, 0.29) is 24.5 Å². The Morgan fingerprint density at radius 1 is 0.839 bits per heavy atom. The monoisotopic (exact) mass is 453 g/mol. The number of amides is 1. The average molecular weight is 454 g/mol. The summed E-state index contributed by atoms with van der Waals surface area (Å²) in [6, 6.07) is 18.7. The van der Waals surface area contributed by atoms with Crippen LogP contribution in [-0.2, 0) is 15.0 Å². The van der Waals surface area contributed by atoms with Gasteiger partial charge in [-0.3, -0.25) is 9.59 Å². The van der Waals surface area contributed by atoms with E-state index in [9.17, 15) is 14.0 Å². The van der Waals surface area contributed by atoms with E-state index < -0.39 is 23.1 Å². The van der Waals surface area contributed by atoms with E-state index in [1.165, 1.54) is 12.1 Å². The van der Waals surface area contributed by atoms with Crippen LogP contribution in [0.2, 0.25) is 10.0 Å². The van der Waals surface area contributed by atoms with Crippen molar-refractivity contribution in [3.63, 3.8) is 0 Å². The highest BCUT2D eigenvalue weighted by Crippen LogP contribution is 2.60. The van der Waals surface area contributed by atoms with E-state index in [0.29, 0.717) is 21.3 Å². The first kappa shape index (κ1) is 20.2. The van der Waals surface area contributed by atoms with Crippen LogP contribution in [0.1, 0.15) is 41.4 Å². The molecule has 1 aliphatic heterocycles. The summed E-state index contributed by atoms with van der Waals surface area (Å²) in [5.74, 6) is -1.57. The molecule has 1 heterocycles. The third-order valence-electron chi connectivity index (χ3n) is 6.52. The van der Waals surface area contributed by atoms with Crippen LogP contribution in [0.15, 0.2) is 66.7 Å². The standard InChI is InChI=1S/C25H18Cl2FNO2/c26-16-5-1-3-14(9-16)21-12-19(30)13-22(15-4-2-6-18(28)10-15)25(21)20-8-7-17(27)11-23(20)29-24(25)31/h1-11,21-22H,12-13H2,(H,29,31)/t21-,22+,25?/m0/s1. The SMILES string of the molecule is O=C1C[C@H](c2cccc(F)c2)C2(C(=O)Nc3cc(Cl)ccc32)[C@H](c2cccc(Cl)c2)C1. The number of carbonyl (C=O) groups excluding carboxylic acids is 2. The van der Waals surface area contributed by atoms with Gasteiger partial charge in [0.2, 0.25) is 5.91 Å². The van der Waals surface area contributed by atoms with Gasteiger partial charge in [-0.2, -0.15) is 0 Å². The first-order valence-electron chi connectivity index (χ1n) is 10.0. The number of hydrogen-bond donors (Lipinski definition) is 1. The molecule has 3 atom stereocenters. The molecular formula is C25H18Cl2FNO2. The van der Waals surface area contributed by atoms with Crippen LogP contribution in [0.4, 0.5) is 10.1 Å². The Hall–Kier alpha value is -2.69. The smallest absolute Gasteiger partial charge is 0.236 e. The molecule has 3 aromatic rings. The van der Waals surface area contributed by atoms with Crippen LogP contribution in [0, 0.1) is 5.82 Å². The van der Waals surface area contributed by atoms with E-state index in [1.54, 1.807) is 36.4 Å². The molecule has 5 rings (SSSR count). The highest BCUT2D eigenvalue weighted by Gasteiger charge is 2.60. The van der Waals surface area contributed by atoms with E-state index in [0.717, 1.165) is 11.1 Å². The van der Waals surface area contributed by atoms with Crippen molar-refractivity contribution in [1.82, 2.24) is 0 Å². The fraction of sp³-hybridized carbons (Fsp3) is 0.200. The van der Waals surface area contributed by atoms with E-state index in [1.807, 2.05) is 18.2 Å². The summed E-state index contributed by atoms with van der Waals surface area (Å²) < 4.78 is 14.2. The van der Waals surface area contributed by atoms with E-state index in [2.05, 4.69) is 5.32 Å². The number of hydrogen-bond acceptors (Lipinski definition) is 2. The minimum absolute atomic E-state index is 0.0278. The number of anilines is 1. The Bertz CT molecular complexity index is 1170. The minimum atomic E-state index is -1.09. The Kier molecular flexibility index (Phi) is 4.87. The van der Waals surface area contributed by atoms with Gasteiger partial charge in [-0.15, -0.1) is 0 Å². The van der Waals surface area contributed by atoms with Crippen molar-refractivity contribution < 1.29 is 14.0 Å². The molecule has 31 heavy (non-hydrogen) atoms. The summed E-state index contributed by atoms with van der Waals surface area (Å²) >= 11 is 12.5. The molecule has 3 aromatic carbocycles. The second kappa shape index (κ2) is 7.47. The van der Waals surface area contributed by atoms with Crippen LogP contribution in [0.3, 0.4) is 0 Å². The molecular weight excluding hydrogens is 436 g/mol. The van der Waals surface area contributed by atoms with E-state index >= 15 is 0 Å². The van der Waals surface area contributed by atoms with Crippen LogP contribution in [0.5, 0.6) is 0 Å². The topological polar surface area (TPSA) is 46.2 Å². The quantitative estimate of drug-likeness (QED) is 0.498. The molecule has 1 saturated carbocycles. The fourth-order valence-electron chi connectivity index (χ4n) is 5.33. The predicted molar refractivity (Wildman–Crippen MR) is 119 cm³/mol. The zero-order chi connectivity index (χ0) is 21.8. The number of rotatable bonds is 2. The highest BCUT2D eigenvalue weighted by molar-refractivity contribution is 6.31. The minimum Gasteiger partial charge on any atom is -0.325 e. The van der Waals surface area contributed by atoms with Gasteiger partial charge in [-0.05, 0) is 53.1 Å². The van der Waals surface area contributed by atoms with E-state index in [4.69, 9.17) is 23.2 Å². The normalized spacial score (nSPS) is 24.9. The molecule has 3 nitrogen and oxygen atoms in total. The predicted octanol–water partition coefficient (Wildman–Crippen LogP) is 6.25. The van der Waals surface area contributed by atoms with Gasteiger partial charge in [0.15, 0.2) is 0 Å². The van der Waals surface area contributed by atoms with Gasteiger partial charge >= 0.3 is 0 Å². The summed E-state index contributed by atoms with van der Waals surface area (Å²) in [7, 11) is 0. The molecule has 0 saturated heterocycles. The van der Waals surface area contributed by atoms with Crippen molar-refractivity contribution in [2.75, 3.05) is 5.32 Å². The van der Waals surface area contributed by atoms with Gasteiger partial charge in [0, 0.05) is 40.4 Å². The molecule has 1 unspecified atom stereocenters. The van der Waals surface area contributed by atoms with Crippen molar-refractivity contribution in [2.24, 2.45) is 0 Å². The average Bonchev–Trinajstić information content (AvgIpc) is 3.01. The molecule has 0 bridgehead atoms. The summed E-state index contributed by atoms with van der Waals surface area (Å²) in [5, 5.41) is 4.02. The number of fused-ring (bicyclic) bond motifs is 2. The van der Waals surface area contributed by atoms with Crippen molar-refractivity contribution in [2.45, 2.75) is 30.1 Å². The molecule has 1 amide bonds. The summed E-state index contributed by atoms with van der Waals surface area (Å²) in [6.07, 6.45) is 0.345. The van der Waals surface area contributed by atoms with Crippen LogP contribution in [-0.4, -0.2) is 11.7 Å². The zero-order valence-corrected chi connectivity index (χ0v) is 17.9. The zero-order valence-electron chi connectivity index (χ0n) is 16.4. The highest BCUT2D eigenvalue weighted by atomic mass is 35.5. The van der Waals surface area contributed by atoms with Gasteiger partial charge in [-0.25, -0.2) is 4.39 Å². The molecule has 0 radical (unpaired) electrons. The third-order valence-corrected chi connectivity index (χ3v) is 6.99. The number of benzene rings is 3. The van der Waals surface area contributed by atoms with Crippen LogP contribution < -0.4 is 5.32 Å². The second-order valence-corrected chi connectivity index (χ2v) is 9.05. The molecule has 1 N–H and O–H groups in total. The number of nitrogens with one attached hydrogen (secondary N) is 1. The lowest BCUT2D eigenvalue weighted by Crippen LogP contribution is -2.50. The number of Topliss-reactive ketones (excluding diaryl/α,β-unsaturated/α-hetero) is 1. The van der Waals surface area contributed by atoms with Crippen LogP contribution >= 0.6 is 23.2 Å². The molecule has 1 aliphatic carbocycles. The second-order valence-electron chi connectivity index (χ2n) is 8.18. The summed E-state index contributed by atoms with van der Waals surface area (Å²) in [5.41, 5.74) is 1.73. The number of ketones is 1. The van der Waals surface area contributed by atoms with Gasteiger partial charge < -0.3 is 5.32 Å². The summed E-state index contributed by atoms with van der Waals surface area (Å²) in [4.78, 5) is 26.7. The first-order chi connectivity index (χ1) is 14.9. The van der Waals surface area contributed by atoms with Gasteiger partial charge in [-0.1, -0.05) is 53.5 Å². The van der Waals surface area contributed by atoms with Gasteiger partial charge in [0.25, 0.3) is 0 Å². The van der Waals surface area contributed by atoms with Gasteiger partial charge in [0.05, 0.1) is 5.41 Å². The number of carbonyl (C=O) groups is 2. The Labute approximate surface area is 189 Å². The molecule has 1 spiro atoms. The molecule has 156 valence electrons. The molecule has 2 aliphatic rings. The summed E-state index contributed by atoms with van der Waals surface area (Å²) in [6.45, 7) is 0. The largest absolute Gasteiger partial charge is 0.325 e. The van der Waals surface area contributed by atoms with Crippen LogP contribution in [0.25, 0.3) is 0 Å². The van der Waals surface area contributed by atoms with Gasteiger partial charge in [0.1, 0.15) is 11.6 Å². The lowest BCUT2D eigenvalue weighted by Gasteiger charge is -2.46. The Morgan fingerprint density at radius 3 is 2.16 bits per heavy atom. The number of halogens is 3. The van der Waals surface area contributed by atoms with Crippen molar-refractivity contribution in [3.8, 4) is 0 Å². The maximum Gasteiger partial charge on any atom is 0.236 e. The fourth-order valence-corrected chi connectivity index (χ4v) is 5.70. The maximum atomic E-state index is 14.2. The third kappa shape index (κ3) is 3.17. The molecule has 0 aromatic heterocycles. The molecule has 6 heteroatoms. The van der Waals surface area contributed by atoms with Crippen molar-refractivity contribution in [3.05, 3.63) is 99.3 Å². The lowest BCUT2D eigenvalue weighted by molar-refractivity contribution is -0.128. The van der Waals surface area contributed by atoms with Crippen molar-refractivity contribution >= 4 is 40.6 Å².